The second-order valence-corrected chi connectivity index (χ2v) is 3.99. The smallest absolute Gasteiger partial charge is 0.197 e. The third-order valence-corrected chi connectivity index (χ3v) is 2.72. The maximum atomic E-state index is 11.9. The van der Waals surface area contributed by atoms with Crippen LogP contribution >= 0.6 is 15.9 Å². The zero-order valence-electron chi connectivity index (χ0n) is 10.1. The van der Waals surface area contributed by atoms with Crippen LogP contribution < -0.4 is 5.43 Å². The first kappa shape index (κ1) is 14.6. The predicted octanol–water partition coefficient (Wildman–Crippen LogP) is 2.76. The van der Waals surface area contributed by atoms with E-state index in [0.29, 0.717) is 28.1 Å². The van der Waals surface area contributed by atoms with Crippen LogP contribution in [-0.4, -0.2) is 20.5 Å². The molecule has 0 N–H and O–H groups in total. The minimum atomic E-state index is -0.157. The van der Waals surface area contributed by atoms with Crippen LogP contribution in [0.3, 0.4) is 0 Å². The number of alkyl halides is 1. The van der Waals surface area contributed by atoms with E-state index in [1.807, 2.05) is 0 Å². The van der Waals surface area contributed by atoms with Crippen molar-refractivity contribution in [3.63, 3.8) is 0 Å². The highest BCUT2D eigenvalue weighted by atomic mass is 79.9. The summed E-state index contributed by atoms with van der Waals surface area (Å²) in [5, 5.41) is 0.811. The molecule has 0 aliphatic rings. The molecule has 1 heterocycles. The van der Waals surface area contributed by atoms with E-state index in [4.69, 9.17) is 4.42 Å². The number of carbonyl (C=O) groups excluding carboxylic acids is 1. The molecule has 2 rings (SSSR count). The highest BCUT2D eigenvalue weighted by Gasteiger charge is 2.11. The van der Waals surface area contributed by atoms with E-state index in [2.05, 4.69) is 20.7 Å². The lowest BCUT2D eigenvalue weighted by Crippen LogP contribution is -2.10. The first-order chi connectivity index (χ1) is 8.69. The maximum absolute atomic E-state index is 11.9. The Morgan fingerprint density at radius 1 is 1.33 bits per heavy atom. The summed E-state index contributed by atoms with van der Waals surface area (Å²) in [4.78, 5) is 22.6. The summed E-state index contributed by atoms with van der Waals surface area (Å²) in [6, 6.07) is 6.87. The number of rotatable bonds is 2. The number of hydrogen-bond acceptors (Lipinski definition) is 4. The van der Waals surface area contributed by atoms with Crippen LogP contribution in [0.4, 0.5) is 0 Å². The van der Waals surface area contributed by atoms with Crippen LogP contribution in [0.1, 0.15) is 16.1 Å². The summed E-state index contributed by atoms with van der Waals surface area (Å²) >= 11 is 3.17. The Hall–Kier alpha value is -1.46. The second kappa shape index (κ2) is 7.08. The number of hydrogen-bond donors (Lipinski definition) is 0. The SMILES string of the molecule is COC.O=Cc1oc2ccccc2c(=O)c1CBr. The maximum Gasteiger partial charge on any atom is 0.197 e. The molecule has 96 valence electrons. The van der Waals surface area contributed by atoms with Crippen LogP contribution in [0.25, 0.3) is 11.0 Å². The normalized spacial score (nSPS) is 9.72. The Morgan fingerprint density at radius 2 is 1.94 bits per heavy atom. The van der Waals surface area contributed by atoms with Crippen molar-refractivity contribution in [3.8, 4) is 0 Å². The van der Waals surface area contributed by atoms with Gasteiger partial charge >= 0.3 is 0 Å². The quantitative estimate of drug-likeness (QED) is 0.632. The number of benzene rings is 1. The van der Waals surface area contributed by atoms with Gasteiger partial charge < -0.3 is 9.15 Å². The molecule has 1 aromatic heterocycles. The van der Waals surface area contributed by atoms with Crippen molar-refractivity contribution < 1.29 is 13.9 Å². The summed E-state index contributed by atoms with van der Waals surface area (Å²) in [6.07, 6.45) is 0.560. The fourth-order valence-corrected chi connectivity index (χ4v) is 1.95. The monoisotopic (exact) mass is 312 g/mol. The van der Waals surface area contributed by atoms with E-state index in [0.717, 1.165) is 0 Å². The first-order valence-electron chi connectivity index (χ1n) is 5.15. The molecule has 0 saturated heterocycles. The molecule has 0 bridgehead atoms. The van der Waals surface area contributed by atoms with Gasteiger partial charge in [0.25, 0.3) is 0 Å². The van der Waals surface area contributed by atoms with E-state index in [-0.39, 0.29) is 11.2 Å². The number of methoxy groups -OCH3 is 1. The van der Waals surface area contributed by atoms with Crippen LogP contribution in [0, 0.1) is 0 Å². The Labute approximate surface area is 113 Å². The zero-order chi connectivity index (χ0) is 13.5. The van der Waals surface area contributed by atoms with Gasteiger partial charge in [-0.25, -0.2) is 0 Å². The van der Waals surface area contributed by atoms with Crippen molar-refractivity contribution in [3.05, 3.63) is 45.8 Å². The Bertz CT molecular complexity index is 589. The van der Waals surface area contributed by atoms with Crippen LogP contribution in [0.5, 0.6) is 0 Å². The molecule has 5 heteroatoms. The lowest BCUT2D eigenvalue weighted by Gasteiger charge is -2.02. The fourth-order valence-electron chi connectivity index (χ4n) is 1.42. The summed E-state index contributed by atoms with van der Waals surface area (Å²) in [6.45, 7) is 0. The largest absolute Gasteiger partial charge is 0.453 e. The molecule has 0 fully saturated rings. The third kappa shape index (κ3) is 3.05. The molecule has 0 saturated carbocycles. The van der Waals surface area contributed by atoms with Gasteiger partial charge in [0.1, 0.15) is 5.58 Å². The standard InChI is InChI=1S/C11H7BrO3.C2H6O/c12-5-8-10(6-13)15-9-4-2-1-3-7(9)11(8)14;1-3-2/h1-4,6H,5H2;1-2H3. The highest BCUT2D eigenvalue weighted by molar-refractivity contribution is 9.08. The van der Waals surface area contributed by atoms with Crippen molar-refractivity contribution in [2.75, 3.05) is 14.2 Å². The third-order valence-electron chi connectivity index (χ3n) is 2.16. The first-order valence-corrected chi connectivity index (χ1v) is 6.27. The molecule has 0 radical (unpaired) electrons. The van der Waals surface area contributed by atoms with Gasteiger partial charge in [-0.1, -0.05) is 28.1 Å². The average Bonchev–Trinajstić information content (AvgIpc) is 2.39. The Balaban J connectivity index is 0.000000492. The van der Waals surface area contributed by atoms with Crippen LogP contribution in [-0.2, 0) is 10.1 Å². The molecule has 4 nitrogen and oxygen atoms in total. The van der Waals surface area contributed by atoms with Crippen LogP contribution in [0.15, 0.2) is 33.5 Å². The summed E-state index contributed by atoms with van der Waals surface area (Å²) in [5.74, 6) is 0.0931. The number of fused-ring (bicyclic) bond motifs is 1. The van der Waals surface area contributed by atoms with Crippen LogP contribution in [0.2, 0.25) is 0 Å². The molecule has 1 aromatic carbocycles. The van der Waals surface area contributed by atoms with E-state index >= 15 is 0 Å². The molecular weight excluding hydrogens is 300 g/mol. The van der Waals surface area contributed by atoms with Gasteiger partial charge in [-0.15, -0.1) is 0 Å². The van der Waals surface area contributed by atoms with E-state index in [9.17, 15) is 9.59 Å². The molecule has 18 heavy (non-hydrogen) atoms. The molecule has 0 aliphatic heterocycles. The van der Waals surface area contributed by atoms with E-state index < -0.39 is 0 Å². The van der Waals surface area contributed by atoms with Gasteiger partial charge in [-0.2, -0.15) is 0 Å². The summed E-state index contributed by atoms with van der Waals surface area (Å²) < 4.78 is 9.57. The number of ether oxygens (including phenoxy) is 1. The fraction of sp³-hybridized carbons (Fsp3) is 0.231. The van der Waals surface area contributed by atoms with Gasteiger partial charge in [0.05, 0.1) is 10.9 Å². The van der Waals surface area contributed by atoms with E-state index in [1.54, 1.807) is 38.5 Å². The zero-order valence-corrected chi connectivity index (χ0v) is 11.7. The molecule has 0 aliphatic carbocycles. The minimum absolute atomic E-state index is 0.0931. The molecule has 2 aromatic rings. The molecule has 0 unspecified atom stereocenters. The summed E-state index contributed by atoms with van der Waals surface area (Å²) in [7, 11) is 3.25. The van der Waals surface area contributed by atoms with Gasteiger partial charge in [0.2, 0.25) is 0 Å². The van der Waals surface area contributed by atoms with Gasteiger partial charge in [-0.05, 0) is 12.1 Å². The van der Waals surface area contributed by atoms with E-state index in [1.165, 1.54) is 0 Å². The highest BCUT2D eigenvalue weighted by Crippen LogP contribution is 2.15. The second-order valence-electron chi connectivity index (χ2n) is 3.43. The topological polar surface area (TPSA) is 56.5 Å². The van der Waals surface area contributed by atoms with Gasteiger partial charge in [0, 0.05) is 19.5 Å². The van der Waals surface area contributed by atoms with Crippen molar-refractivity contribution in [2.45, 2.75) is 5.33 Å². The summed E-state index contributed by atoms with van der Waals surface area (Å²) in [5.41, 5.74) is 0.647. The lowest BCUT2D eigenvalue weighted by atomic mass is 10.1. The van der Waals surface area contributed by atoms with Crippen molar-refractivity contribution in [2.24, 2.45) is 0 Å². The predicted molar refractivity (Wildman–Crippen MR) is 73.4 cm³/mol. The minimum Gasteiger partial charge on any atom is -0.453 e. The number of aldehydes is 1. The Kier molecular flexibility index (Phi) is 5.74. The lowest BCUT2D eigenvalue weighted by molar-refractivity contribution is 0.110. The average molecular weight is 313 g/mol. The van der Waals surface area contributed by atoms with Crippen molar-refractivity contribution in [1.82, 2.24) is 0 Å². The number of para-hydroxylation sites is 1. The molecular formula is C13H13BrO4. The van der Waals surface area contributed by atoms with Crippen molar-refractivity contribution in [1.29, 1.82) is 0 Å². The number of carbonyl (C=O) groups is 1. The van der Waals surface area contributed by atoms with Crippen molar-refractivity contribution >= 4 is 33.2 Å². The Morgan fingerprint density at radius 3 is 2.50 bits per heavy atom. The molecule has 0 atom stereocenters. The number of halogens is 1. The molecule has 0 amide bonds. The van der Waals surface area contributed by atoms with Gasteiger partial charge in [-0.3, -0.25) is 9.59 Å². The van der Waals surface area contributed by atoms with Gasteiger partial charge in [0.15, 0.2) is 17.5 Å². The molecule has 0 spiro atoms.